The second-order valence-corrected chi connectivity index (χ2v) is 8.95. The van der Waals surface area contributed by atoms with Crippen LogP contribution in [-0.2, 0) is 3.74 Å². The standard InChI is InChI=1S/C16H20AsN3O3/c1-12(2)11-18-14-7-9-16(10-8-14)20-19-15-5-3-13(4-6-15)17(21,22)23/h3-10,12,18H,11H2,1-2H3,(H2,21,22,23). The summed E-state index contributed by atoms with van der Waals surface area (Å²) in [6.07, 6.45) is 0. The molecule has 0 radical (unpaired) electrons. The molecule has 0 spiro atoms. The van der Waals surface area contributed by atoms with E-state index in [-0.39, 0.29) is 4.35 Å². The van der Waals surface area contributed by atoms with Gasteiger partial charge in [-0.2, -0.15) is 0 Å². The Labute approximate surface area is 138 Å². The number of benzene rings is 2. The number of nitrogens with zero attached hydrogens (tertiary/aromatic N) is 2. The maximum absolute atomic E-state index is 11.1. The molecule has 0 heterocycles. The normalized spacial score (nSPS) is 12.0. The fourth-order valence-corrected chi connectivity index (χ4v) is 2.92. The van der Waals surface area contributed by atoms with Crippen molar-refractivity contribution in [3.8, 4) is 0 Å². The first-order chi connectivity index (χ1) is 10.8. The zero-order valence-electron chi connectivity index (χ0n) is 13.0. The molecule has 0 aliphatic carbocycles. The molecule has 2 aromatic carbocycles. The molecule has 2 aromatic rings. The Hall–Kier alpha value is -1.88. The summed E-state index contributed by atoms with van der Waals surface area (Å²) < 4.78 is 29.4. The monoisotopic (exact) mass is 377 g/mol. The zero-order valence-corrected chi connectivity index (χ0v) is 14.9. The number of hydrogen-bond acceptors (Lipinski definition) is 4. The summed E-state index contributed by atoms with van der Waals surface area (Å²) >= 11 is -4.83. The molecule has 3 N–H and O–H groups in total. The first kappa shape index (κ1) is 17.5. The summed E-state index contributed by atoms with van der Waals surface area (Å²) in [5.41, 5.74) is 2.29. The van der Waals surface area contributed by atoms with E-state index in [9.17, 15) is 3.74 Å². The van der Waals surface area contributed by atoms with Gasteiger partial charge in [-0.25, -0.2) is 0 Å². The van der Waals surface area contributed by atoms with E-state index in [1.165, 1.54) is 24.3 Å². The van der Waals surface area contributed by atoms with Crippen molar-refractivity contribution in [2.45, 2.75) is 13.8 Å². The summed E-state index contributed by atoms with van der Waals surface area (Å²) in [5, 5.41) is 11.5. The predicted molar refractivity (Wildman–Crippen MR) is 90.9 cm³/mol. The molecule has 0 aliphatic rings. The molecule has 2 rings (SSSR count). The second kappa shape index (κ2) is 7.59. The van der Waals surface area contributed by atoms with Gasteiger partial charge in [-0.15, -0.1) is 0 Å². The Bertz CT molecular complexity index is 706. The van der Waals surface area contributed by atoms with Gasteiger partial charge >= 0.3 is 118 Å². The van der Waals surface area contributed by atoms with Gasteiger partial charge in [0, 0.05) is 0 Å². The number of rotatable bonds is 6. The molecular weight excluding hydrogens is 357 g/mol. The van der Waals surface area contributed by atoms with Crippen LogP contribution in [0.15, 0.2) is 58.8 Å². The summed E-state index contributed by atoms with van der Waals surface area (Å²) in [5.74, 6) is 0.576. The zero-order chi connectivity index (χ0) is 16.9. The van der Waals surface area contributed by atoms with Gasteiger partial charge < -0.3 is 0 Å². The number of azo groups is 1. The topological polar surface area (TPSA) is 94.3 Å². The first-order valence-corrected chi connectivity index (χ1v) is 10.6. The van der Waals surface area contributed by atoms with E-state index >= 15 is 0 Å². The summed E-state index contributed by atoms with van der Waals surface area (Å²) in [6, 6.07) is 13.4. The average Bonchev–Trinajstić information content (AvgIpc) is 2.51. The average molecular weight is 377 g/mol. The fourth-order valence-electron chi connectivity index (χ4n) is 1.80. The van der Waals surface area contributed by atoms with Crippen LogP contribution < -0.4 is 9.67 Å². The van der Waals surface area contributed by atoms with Gasteiger partial charge in [0.15, 0.2) is 0 Å². The predicted octanol–water partition coefficient (Wildman–Crippen LogP) is 2.73. The molecule has 0 unspecified atom stereocenters. The van der Waals surface area contributed by atoms with Crippen LogP contribution in [0.2, 0.25) is 0 Å². The van der Waals surface area contributed by atoms with E-state index in [4.69, 9.17) is 8.19 Å². The summed E-state index contributed by atoms with van der Waals surface area (Å²) in [7, 11) is 0. The van der Waals surface area contributed by atoms with Crippen LogP contribution in [0.5, 0.6) is 0 Å². The molecule has 0 bridgehead atoms. The number of anilines is 1. The van der Waals surface area contributed by atoms with E-state index in [0.29, 0.717) is 17.3 Å². The van der Waals surface area contributed by atoms with E-state index in [1.807, 2.05) is 24.3 Å². The molecule has 7 heteroatoms. The van der Waals surface area contributed by atoms with Crippen LogP contribution in [0.3, 0.4) is 0 Å². The van der Waals surface area contributed by atoms with Crippen molar-refractivity contribution >= 4 is 35.6 Å². The Balaban J connectivity index is 2.01. The fraction of sp³-hybridized carbons (Fsp3) is 0.250. The van der Waals surface area contributed by atoms with Gasteiger partial charge in [0.25, 0.3) is 0 Å². The molecule has 0 aliphatic heterocycles. The minimum absolute atomic E-state index is 0.0302. The van der Waals surface area contributed by atoms with Gasteiger partial charge in [-0.1, -0.05) is 13.8 Å². The molecular formula is C16H20AsN3O3. The van der Waals surface area contributed by atoms with Crippen molar-refractivity contribution in [2.24, 2.45) is 16.1 Å². The second-order valence-electron chi connectivity index (χ2n) is 5.58. The molecule has 0 atom stereocenters. The molecule has 122 valence electrons. The van der Waals surface area contributed by atoms with Crippen LogP contribution in [-0.4, -0.2) is 28.9 Å². The molecule has 0 fully saturated rings. The van der Waals surface area contributed by atoms with E-state index in [2.05, 4.69) is 29.4 Å². The van der Waals surface area contributed by atoms with Crippen molar-refractivity contribution < 1.29 is 11.9 Å². The number of hydrogen-bond donors (Lipinski definition) is 3. The van der Waals surface area contributed by atoms with Crippen molar-refractivity contribution in [3.05, 3.63) is 48.5 Å². The third kappa shape index (κ3) is 5.67. The third-order valence-electron chi connectivity index (χ3n) is 3.05. The van der Waals surface area contributed by atoms with Crippen molar-refractivity contribution in [3.63, 3.8) is 0 Å². The minimum atomic E-state index is -4.83. The van der Waals surface area contributed by atoms with Crippen molar-refractivity contribution in [2.75, 3.05) is 11.9 Å². The van der Waals surface area contributed by atoms with E-state index in [1.54, 1.807) is 0 Å². The quantitative estimate of drug-likeness (QED) is 0.533. The molecule has 23 heavy (non-hydrogen) atoms. The molecule has 0 aromatic heterocycles. The van der Waals surface area contributed by atoms with E-state index < -0.39 is 14.2 Å². The Kier molecular flexibility index (Phi) is 5.77. The van der Waals surface area contributed by atoms with Crippen LogP contribution in [0.25, 0.3) is 0 Å². The Morgan fingerprint density at radius 2 is 1.43 bits per heavy atom. The summed E-state index contributed by atoms with van der Waals surface area (Å²) in [6.45, 7) is 5.21. The van der Waals surface area contributed by atoms with Crippen LogP contribution in [0.1, 0.15) is 13.8 Å². The van der Waals surface area contributed by atoms with Crippen molar-refractivity contribution in [1.82, 2.24) is 0 Å². The van der Waals surface area contributed by atoms with Crippen LogP contribution in [0.4, 0.5) is 17.1 Å². The van der Waals surface area contributed by atoms with Crippen molar-refractivity contribution in [1.29, 1.82) is 0 Å². The van der Waals surface area contributed by atoms with Gasteiger partial charge in [-0.05, 0) is 5.92 Å². The van der Waals surface area contributed by atoms with Crippen LogP contribution >= 0.6 is 0 Å². The van der Waals surface area contributed by atoms with E-state index in [0.717, 1.165) is 12.2 Å². The molecule has 0 amide bonds. The van der Waals surface area contributed by atoms with Gasteiger partial charge in [-0.3, -0.25) is 0 Å². The van der Waals surface area contributed by atoms with Gasteiger partial charge in [0.1, 0.15) is 0 Å². The molecule has 6 nitrogen and oxygen atoms in total. The van der Waals surface area contributed by atoms with Gasteiger partial charge in [0.05, 0.1) is 0 Å². The van der Waals surface area contributed by atoms with Crippen LogP contribution in [0, 0.1) is 5.92 Å². The Morgan fingerprint density at radius 1 is 0.957 bits per heavy atom. The molecule has 0 saturated heterocycles. The Morgan fingerprint density at radius 3 is 1.87 bits per heavy atom. The summed E-state index contributed by atoms with van der Waals surface area (Å²) in [4.78, 5) is 0. The van der Waals surface area contributed by atoms with Gasteiger partial charge in [0.2, 0.25) is 0 Å². The third-order valence-corrected chi connectivity index (χ3v) is 5.09. The molecule has 0 saturated carbocycles. The number of nitrogens with one attached hydrogen (secondary N) is 1. The maximum atomic E-state index is 11.1. The SMILES string of the molecule is CC(C)CNc1ccc(N=Nc2ccc([As](=O)(O)O)cc2)cc1. The first-order valence-electron chi connectivity index (χ1n) is 7.26.